The predicted octanol–water partition coefficient (Wildman–Crippen LogP) is 0.856. The summed E-state index contributed by atoms with van der Waals surface area (Å²) >= 11 is 0. The van der Waals surface area contributed by atoms with E-state index < -0.39 is 5.60 Å². The molecule has 5 nitrogen and oxygen atoms in total. The third-order valence-corrected chi connectivity index (χ3v) is 3.30. The fraction of sp³-hybridized carbons (Fsp3) is 0.667. The van der Waals surface area contributed by atoms with Gasteiger partial charge in [-0.15, -0.1) is 0 Å². The van der Waals surface area contributed by atoms with Crippen molar-refractivity contribution in [3.05, 3.63) is 17.5 Å². The van der Waals surface area contributed by atoms with Gasteiger partial charge in [-0.3, -0.25) is 9.48 Å². The van der Waals surface area contributed by atoms with E-state index in [2.05, 4.69) is 10.4 Å². The summed E-state index contributed by atoms with van der Waals surface area (Å²) in [6.45, 7) is 4.81. The van der Waals surface area contributed by atoms with Crippen LogP contribution in [0.3, 0.4) is 0 Å². The molecule has 0 saturated heterocycles. The second-order valence-electron chi connectivity index (χ2n) is 4.75. The molecular formula is C12H19N3O2. The van der Waals surface area contributed by atoms with E-state index in [1.807, 2.05) is 13.8 Å². The lowest BCUT2D eigenvalue weighted by Gasteiger charge is -2.36. The molecule has 0 atom stereocenters. The maximum absolute atomic E-state index is 11.9. The van der Waals surface area contributed by atoms with Gasteiger partial charge in [0.25, 0.3) is 5.91 Å². The van der Waals surface area contributed by atoms with E-state index in [0.29, 0.717) is 18.8 Å². The third-order valence-electron chi connectivity index (χ3n) is 3.30. The van der Waals surface area contributed by atoms with Gasteiger partial charge in [0.1, 0.15) is 5.69 Å². The van der Waals surface area contributed by atoms with E-state index in [9.17, 15) is 9.90 Å². The SMILES string of the molecule is CCn1nc(C)cc1C(=O)NCC1(O)CCC1. The molecule has 0 unspecified atom stereocenters. The Morgan fingerprint density at radius 2 is 2.35 bits per heavy atom. The average molecular weight is 237 g/mol. The number of hydrogen-bond donors (Lipinski definition) is 2. The van der Waals surface area contributed by atoms with Gasteiger partial charge in [-0.2, -0.15) is 5.10 Å². The van der Waals surface area contributed by atoms with Gasteiger partial charge in [0, 0.05) is 13.1 Å². The third kappa shape index (κ3) is 2.49. The van der Waals surface area contributed by atoms with Crippen molar-refractivity contribution in [2.45, 2.75) is 45.3 Å². The quantitative estimate of drug-likeness (QED) is 0.816. The molecule has 1 saturated carbocycles. The molecular weight excluding hydrogens is 218 g/mol. The van der Waals surface area contributed by atoms with Gasteiger partial charge in [-0.05, 0) is 39.2 Å². The summed E-state index contributed by atoms with van der Waals surface area (Å²) in [5.41, 5.74) is 0.717. The molecule has 1 amide bonds. The van der Waals surface area contributed by atoms with Gasteiger partial charge < -0.3 is 10.4 Å². The van der Waals surface area contributed by atoms with E-state index in [1.54, 1.807) is 10.7 Å². The van der Waals surface area contributed by atoms with Crippen molar-refractivity contribution >= 4 is 5.91 Å². The summed E-state index contributed by atoms with van der Waals surface area (Å²) in [5.74, 6) is -0.159. The number of hydrogen-bond acceptors (Lipinski definition) is 3. The molecule has 1 aromatic heterocycles. The summed E-state index contributed by atoms with van der Waals surface area (Å²) < 4.78 is 1.68. The highest BCUT2D eigenvalue weighted by atomic mass is 16.3. The second kappa shape index (κ2) is 4.49. The van der Waals surface area contributed by atoms with Crippen molar-refractivity contribution in [3.63, 3.8) is 0 Å². The Bertz CT molecular complexity index is 421. The minimum absolute atomic E-state index is 0.159. The zero-order valence-corrected chi connectivity index (χ0v) is 10.4. The zero-order valence-electron chi connectivity index (χ0n) is 10.4. The standard InChI is InChI=1S/C12H19N3O2/c1-3-15-10(7-9(2)14-15)11(16)13-8-12(17)5-4-6-12/h7,17H,3-6,8H2,1-2H3,(H,13,16). The number of amides is 1. The van der Waals surface area contributed by atoms with Gasteiger partial charge >= 0.3 is 0 Å². The Hall–Kier alpha value is -1.36. The van der Waals surface area contributed by atoms with E-state index in [4.69, 9.17) is 0 Å². The number of nitrogens with zero attached hydrogens (tertiary/aromatic N) is 2. The van der Waals surface area contributed by atoms with Crippen LogP contribution in [0.1, 0.15) is 42.4 Å². The zero-order chi connectivity index (χ0) is 12.5. The number of aromatic nitrogens is 2. The molecule has 1 aliphatic carbocycles. The van der Waals surface area contributed by atoms with Crippen molar-refractivity contribution in [2.75, 3.05) is 6.54 Å². The first kappa shape index (κ1) is 12.1. The summed E-state index contributed by atoms with van der Waals surface area (Å²) in [6, 6.07) is 1.77. The van der Waals surface area contributed by atoms with E-state index in [-0.39, 0.29) is 5.91 Å². The second-order valence-corrected chi connectivity index (χ2v) is 4.75. The van der Waals surface area contributed by atoms with Gasteiger partial charge in [-0.25, -0.2) is 0 Å². The van der Waals surface area contributed by atoms with E-state index in [0.717, 1.165) is 25.0 Å². The molecule has 0 aromatic carbocycles. The summed E-state index contributed by atoms with van der Waals surface area (Å²) in [6.07, 6.45) is 2.59. The molecule has 1 aromatic rings. The molecule has 2 N–H and O–H groups in total. The minimum atomic E-state index is -0.679. The molecule has 2 rings (SSSR count). The van der Waals surface area contributed by atoms with Crippen LogP contribution in [-0.2, 0) is 6.54 Å². The molecule has 0 bridgehead atoms. The predicted molar refractivity (Wildman–Crippen MR) is 63.8 cm³/mol. The van der Waals surface area contributed by atoms with Gasteiger partial charge in [-0.1, -0.05) is 0 Å². The summed E-state index contributed by atoms with van der Waals surface area (Å²) in [5, 5.41) is 16.9. The maximum atomic E-state index is 11.9. The number of nitrogens with one attached hydrogen (secondary N) is 1. The van der Waals surface area contributed by atoms with Crippen molar-refractivity contribution in [1.29, 1.82) is 0 Å². The maximum Gasteiger partial charge on any atom is 0.269 e. The first-order valence-electron chi connectivity index (χ1n) is 6.09. The van der Waals surface area contributed by atoms with Crippen LogP contribution >= 0.6 is 0 Å². The lowest BCUT2D eigenvalue weighted by atomic mass is 9.80. The normalized spacial score (nSPS) is 17.6. The molecule has 1 heterocycles. The van der Waals surface area contributed by atoms with Crippen LogP contribution in [0, 0.1) is 6.92 Å². The monoisotopic (exact) mass is 237 g/mol. The number of carbonyl (C=O) groups is 1. The highest BCUT2D eigenvalue weighted by molar-refractivity contribution is 5.92. The fourth-order valence-electron chi connectivity index (χ4n) is 2.07. The van der Waals surface area contributed by atoms with Crippen LogP contribution < -0.4 is 5.32 Å². The Balaban J connectivity index is 1.99. The van der Waals surface area contributed by atoms with Crippen LogP contribution in [0.2, 0.25) is 0 Å². The van der Waals surface area contributed by atoms with Gasteiger partial charge in [0.15, 0.2) is 0 Å². The van der Waals surface area contributed by atoms with Crippen LogP contribution in [0.4, 0.5) is 0 Å². The van der Waals surface area contributed by atoms with Crippen LogP contribution in [0.5, 0.6) is 0 Å². The van der Waals surface area contributed by atoms with Crippen LogP contribution in [0.15, 0.2) is 6.07 Å². The smallest absolute Gasteiger partial charge is 0.269 e. The van der Waals surface area contributed by atoms with Crippen molar-refractivity contribution in [1.82, 2.24) is 15.1 Å². The topological polar surface area (TPSA) is 67.2 Å². The van der Waals surface area contributed by atoms with E-state index in [1.165, 1.54) is 0 Å². The molecule has 94 valence electrons. The van der Waals surface area contributed by atoms with Crippen molar-refractivity contribution in [2.24, 2.45) is 0 Å². The highest BCUT2D eigenvalue weighted by Gasteiger charge is 2.34. The number of aliphatic hydroxyl groups is 1. The summed E-state index contributed by atoms with van der Waals surface area (Å²) in [4.78, 5) is 11.9. The number of aryl methyl sites for hydroxylation is 2. The molecule has 5 heteroatoms. The van der Waals surface area contributed by atoms with Gasteiger partial charge in [0.05, 0.1) is 11.3 Å². The molecule has 0 spiro atoms. The first-order chi connectivity index (χ1) is 8.04. The van der Waals surface area contributed by atoms with E-state index >= 15 is 0 Å². The summed E-state index contributed by atoms with van der Waals surface area (Å²) in [7, 11) is 0. The molecule has 1 aliphatic rings. The highest BCUT2D eigenvalue weighted by Crippen LogP contribution is 2.30. The molecule has 1 fully saturated rings. The minimum Gasteiger partial charge on any atom is -0.388 e. The van der Waals surface area contributed by atoms with Crippen molar-refractivity contribution in [3.8, 4) is 0 Å². The van der Waals surface area contributed by atoms with Crippen molar-refractivity contribution < 1.29 is 9.90 Å². The number of carbonyl (C=O) groups excluding carboxylic acids is 1. The Kier molecular flexibility index (Phi) is 3.19. The van der Waals surface area contributed by atoms with Crippen LogP contribution in [0.25, 0.3) is 0 Å². The molecule has 0 aliphatic heterocycles. The first-order valence-corrected chi connectivity index (χ1v) is 6.09. The van der Waals surface area contributed by atoms with Gasteiger partial charge in [0.2, 0.25) is 0 Å². The average Bonchev–Trinajstić information content (AvgIpc) is 2.64. The number of rotatable bonds is 4. The fourth-order valence-corrected chi connectivity index (χ4v) is 2.07. The Labute approximate surface area is 101 Å². The lowest BCUT2D eigenvalue weighted by Crippen LogP contribution is -2.48. The van der Waals surface area contributed by atoms with Crippen LogP contribution in [-0.4, -0.2) is 32.9 Å². The Morgan fingerprint density at radius 1 is 1.65 bits per heavy atom. The molecule has 0 radical (unpaired) electrons. The lowest BCUT2D eigenvalue weighted by molar-refractivity contribution is -0.0301. The molecule has 17 heavy (non-hydrogen) atoms. The largest absolute Gasteiger partial charge is 0.388 e. The Morgan fingerprint density at radius 3 is 2.88 bits per heavy atom.